The van der Waals surface area contributed by atoms with Crippen molar-refractivity contribution in [2.45, 2.75) is 38.8 Å². The third-order valence-electron chi connectivity index (χ3n) is 6.00. The molecule has 0 heterocycles. The summed E-state index contributed by atoms with van der Waals surface area (Å²) in [6.45, 7) is 2.25. The maximum absolute atomic E-state index is 14.6. The van der Waals surface area contributed by atoms with Gasteiger partial charge in [-0.1, -0.05) is 54.6 Å². The highest BCUT2D eigenvalue weighted by Gasteiger charge is 2.30. The van der Waals surface area contributed by atoms with E-state index < -0.39 is 11.9 Å². The third kappa shape index (κ3) is 7.07. The standard InChI is InChI=1S/C29H33FN2O4/c1-4-31-29(34)25(18-21-10-6-5-7-11-21)32(20-23-12-8-9-13-24(23)30)28(33)17-15-22-14-16-26(35-2)27(19-22)36-3/h5-14,16,19,25H,4,15,17-18,20H2,1-3H3,(H,31,34)/t25-/m1/s1. The molecular weight excluding hydrogens is 459 g/mol. The number of aryl methyl sites for hydroxylation is 1. The number of ether oxygens (including phenoxy) is 2. The number of methoxy groups -OCH3 is 2. The van der Waals surface area contributed by atoms with E-state index in [1.807, 2.05) is 49.4 Å². The van der Waals surface area contributed by atoms with Crippen LogP contribution in [0.25, 0.3) is 0 Å². The summed E-state index contributed by atoms with van der Waals surface area (Å²) in [4.78, 5) is 28.3. The Morgan fingerprint density at radius 3 is 2.28 bits per heavy atom. The van der Waals surface area contributed by atoms with E-state index in [9.17, 15) is 14.0 Å². The van der Waals surface area contributed by atoms with Gasteiger partial charge < -0.3 is 19.7 Å². The first-order valence-electron chi connectivity index (χ1n) is 12.0. The van der Waals surface area contributed by atoms with E-state index in [0.29, 0.717) is 36.4 Å². The fourth-order valence-corrected chi connectivity index (χ4v) is 4.09. The number of hydrogen-bond donors (Lipinski definition) is 1. The van der Waals surface area contributed by atoms with Gasteiger partial charge in [0.1, 0.15) is 11.9 Å². The minimum absolute atomic E-state index is 0.00786. The smallest absolute Gasteiger partial charge is 0.243 e. The minimum atomic E-state index is -0.787. The van der Waals surface area contributed by atoms with Gasteiger partial charge in [-0.05, 0) is 42.7 Å². The van der Waals surface area contributed by atoms with Crippen molar-refractivity contribution >= 4 is 11.8 Å². The fourth-order valence-electron chi connectivity index (χ4n) is 4.09. The predicted octanol–water partition coefficient (Wildman–Crippen LogP) is 4.55. The molecule has 1 N–H and O–H groups in total. The highest BCUT2D eigenvalue weighted by Crippen LogP contribution is 2.28. The van der Waals surface area contributed by atoms with E-state index in [2.05, 4.69) is 5.32 Å². The van der Waals surface area contributed by atoms with Crippen LogP contribution in [-0.2, 0) is 29.0 Å². The fraction of sp³-hybridized carbons (Fsp3) is 0.310. The van der Waals surface area contributed by atoms with Crippen LogP contribution < -0.4 is 14.8 Å². The van der Waals surface area contributed by atoms with Crippen molar-refractivity contribution in [3.8, 4) is 11.5 Å². The van der Waals surface area contributed by atoms with E-state index in [-0.39, 0.29) is 24.8 Å². The van der Waals surface area contributed by atoms with Gasteiger partial charge in [-0.15, -0.1) is 0 Å². The number of amides is 2. The monoisotopic (exact) mass is 492 g/mol. The Morgan fingerprint density at radius 1 is 0.917 bits per heavy atom. The van der Waals surface area contributed by atoms with Crippen molar-refractivity contribution in [1.29, 1.82) is 0 Å². The van der Waals surface area contributed by atoms with Gasteiger partial charge in [-0.2, -0.15) is 0 Å². The molecule has 0 saturated heterocycles. The number of likely N-dealkylation sites (N-methyl/N-ethyl adjacent to an activating group) is 1. The zero-order chi connectivity index (χ0) is 25.9. The summed E-state index contributed by atoms with van der Waals surface area (Å²) in [6, 6.07) is 20.6. The number of halogens is 1. The molecule has 0 fully saturated rings. The zero-order valence-corrected chi connectivity index (χ0v) is 21.0. The quantitative estimate of drug-likeness (QED) is 0.403. The predicted molar refractivity (Wildman–Crippen MR) is 137 cm³/mol. The van der Waals surface area contributed by atoms with E-state index in [1.54, 1.807) is 38.5 Å². The number of hydrogen-bond acceptors (Lipinski definition) is 4. The molecule has 0 aliphatic rings. The molecule has 1 atom stereocenters. The van der Waals surface area contributed by atoms with E-state index in [1.165, 1.54) is 11.0 Å². The summed E-state index contributed by atoms with van der Waals surface area (Å²) < 4.78 is 25.3. The molecule has 0 unspecified atom stereocenters. The molecule has 6 nitrogen and oxygen atoms in total. The van der Waals surface area contributed by atoms with Gasteiger partial charge in [0.05, 0.1) is 14.2 Å². The topological polar surface area (TPSA) is 67.9 Å². The lowest BCUT2D eigenvalue weighted by molar-refractivity contribution is -0.141. The molecule has 0 aliphatic heterocycles. The molecule has 3 rings (SSSR count). The molecule has 7 heteroatoms. The van der Waals surface area contributed by atoms with Crippen LogP contribution in [0.1, 0.15) is 30.0 Å². The van der Waals surface area contributed by atoms with Gasteiger partial charge >= 0.3 is 0 Å². The average Bonchev–Trinajstić information content (AvgIpc) is 2.90. The Labute approximate surface area is 212 Å². The molecule has 0 bridgehead atoms. The molecule has 0 saturated carbocycles. The van der Waals surface area contributed by atoms with Crippen LogP contribution in [0, 0.1) is 5.82 Å². The van der Waals surface area contributed by atoms with Crippen LogP contribution in [0.15, 0.2) is 72.8 Å². The average molecular weight is 493 g/mol. The summed E-state index contributed by atoms with van der Waals surface area (Å²) in [5.74, 6) is 0.268. The van der Waals surface area contributed by atoms with Gasteiger partial charge in [0.2, 0.25) is 11.8 Å². The molecular formula is C29H33FN2O4. The number of carbonyl (C=O) groups excluding carboxylic acids is 2. The van der Waals surface area contributed by atoms with Crippen molar-refractivity contribution in [2.24, 2.45) is 0 Å². The van der Waals surface area contributed by atoms with Crippen LogP contribution in [0.4, 0.5) is 4.39 Å². The van der Waals surface area contributed by atoms with Gasteiger partial charge in [0.25, 0.3) is 0 Å². The third-order valence-corrected chi connectivity index (χ3v) is 6.00. The maximum Gasteiger partial charge on any atom is 0.243 e. The largest absolute Gasteiger partial charge is 0.493 e. The molecule has 3 aromatic carbocycles. The summed E-state index contributed by atoms with van der Waals surface area (Å²) in [5.41, 5.74) is 2.17. The number of rotatable bonds is 12. The van der Waals surface area contributed by atoms with E-state index >= 15 is 0 Å². The molecule has 3 aromatic rings. The summed E-state index contributed by atoms with van der Waals surface area (Å²) in [7, 11) is 3.12. The molecule has 0 aliphatic carbocycles. The molecule has 2 amide bonds. The van der Waals surface area contributed by atoms with Crippen LogP contribution >= 0.6 is 0 Å². The Morgan fingerprint density at radius 2 is 1.61 bits per heavy atom. The SMILES string of the molecule is CCNC(=O)[C@@H](Cc1ccccc1)N(Cc1ccccc1F)C(=O)CCc1ccc(OC)c(OC)c1. The maximum atomic E-state index is 14.6. The van der Waals surface area contributed by atoms with Crippen molar-refractivity contribution in [1.82, 2.24) is 10.2 Å². The molecule has 0 spiro atoms. The van der Waals surface area contributed by atoms with Crippen molar-refractivity contribution < 1.29 is 23.5 Å². The Kier molecular flexibility index (Phi) is 9.86. The van der Waals surface area contributed by atoms with Crippen molar-refractivity contribution in [2.75, 3.05) is 20.8 Å². The molecule has 0 aromatic heterocycles. The molecule has 36 heavy (non-hydrogen) atoms. The first-order valence-corrected chi connectivity index (χ1v) is 12.0. The normalized spacial score (nSPS) is 11.4. The Bertz CT molecular complexity index is 1150. The second-order valence-electron chi connectivity index (χ2n) is 8.40. The molecule has 190 valence electrons. The van der Waals surface area contributed by atoms with Crippen molar-refractivity contribution in [3.05, 3.63) is 95.3 Å². The van der Waals surface area contributed by atoms with Crippen LogP contribution in [0.3, 0.4) is 0 Å². The Hall–Kier alpha value is -3.87. The van der Waals surface area contributed by atoms with Gasteiger partial charge in [0, 0.05) is 31.5 Å². The number of carbonyl (C=O) groups is 2. The minimum Gasteiger partial charge on any atom is -0.493 e. The lowest BCUT2D eigenvalue weighted by Crippen LogP contribution is -2.50. The Balaban J connectivity index is 1.89. The summed E-state index contributed by atoms with van der Waals surface area (Å²) in [6.07, 6.45) is 0.901. The molecule has 0 radical (unpaired) electrons. The summed E-state index contributed by atoms with van der Waals surface area (Å²) >= 11 is 0. The second-order valence-corrected chi connectivity index (χ2v) is 8.40. The van der Waals surface area contributed by atoms with Crippen LogP contribution in [0.5, 0.6) is 11.5 Å². The van der Waals surface area contributed by atoms with Crippen LogP contribution in [0.2, 0.25) is 0 Å². The van der Waals surface area contributed by atoms with Gasteiger partial charge in [-0.3, -0.25) is 9.59 Å². The van der Waals surface area contributed by atoms with Gasteiger partial charge in [0.15, 0.2) is 11.5 Å². The van der Waals surface area contributed by atoms with Gasteiger partial charge in [-0.25, -0.2) is 4.39 Å². The lowest BCUT2D eigenvalue weighted by Gasteiger charge is -2.31. The first kappa shape index (κ1) is 26.7. The number of nitrogens with zero attached hydrogens (tertiary/aromatic N) is 1. The van der Waals surface area contributed by atoms with Crippen molar-refractivity contribution in [3.63, 3.8) is 0 Å². The zero-order valence-electron chi connectivity index (χ0n) is 21.0. The van der Waals surface area contributed by atoms with Crippen LogP contribution in [-0.4, -0.2) is 43.5 Å². The summed E-state index contributed by atoms with van der Waals surface area (Å²) in [5, 5.41) is 2.85. The van der Waals surface area contributed by atoms with E-state index in [4.69, 9.17) is 9.47 Å². The van der Waals surface area contributed by atoms with E-state index in [0.717, 1.165) is 11.1 Å². The second kappa shape index (κ2) is 13.3. The number of nitrogens with one attached hydrogen (secondary N) is 1. The number of benzene rings is 3. The lowest BCUT2D eigenvalue weighted by atomic mass is 10.0. The highest BCUT2D eigenvalue weighted by molar-refractivity contribution is 5.88. The first-order chi connectivity index (χ1) is 17.5. The highest BCUT2D eigenvalue weighted by atomic mass is 19.1.